The average Bonchev–Trinajstić information content (AvgIpc) is 2.79. The number of carbonyl (C=O) groups is 2. The molecule has 0 radical (unpaired) electrons. The number of piperidine rings is 1. The van der Waals surface area contributed by atoms with E-state index in [1.165, 1.54) is 4.90 Å². The molecule has 1 N–H and O–H groups in total. The molecule has 2 atom stereocenters. The lowest BCUT2D eigenvalue weighted by Crippen LogP contribution is -2.58. The third-order valence-corrected chi connectivity index (χ3v) is 3.99. The number of nitrogens with zero attached hydrogens (tertiary/aromatic N) is 1. The first-order valence-electron chi connectivity index (χ1n) is 6.58. The predicted octanol–water partition coefficient (Wildman–Crippen LogP) is 1.27. The maximum Gasteiger partial charge on any atom is 0.326 e. The summed E-state index contributed by atoms with van der Waals surface area (Å²) >= 11 is 0. The molecule has 0 aromatic rings. The fraction of sp³-hybridized carbons (Fsp3) is 0.846. The van der Waals surface area contributed by atoms with Crippen molar-refractivity contribution in [2.45, 2.75) is 51.7 Å². The van der Waals surface area contributed by atoms with E-state index >= 15 is 0 Å². The first-order chi connectivity index (χ1) is 8.43. The van der Waals surface area contributed by atoms with E-state index in [4.69, 9.17) is 4.74 Å². The summed E-state index contributed by atoms with van der Waals surface area (Å²) in [5.41, 5.74) is -0.377. The highest BCUT2D eigenvalue weighted by Crippen LogP contribution is 2.36. The minimum atomic E-state index is -0.911. The Labute approximate surface area is 107 Å². The van der Waals surface area contributed by atoms with E-state index in [-0.39, 0.29) is 11.3 Å². The van der Waals surface area contributed by atoms with Gasteiger partial charge >= 0.3 is 5.97 Å². The largest absolute Gasteiger partial charge is 0.480 e. The summed E-state index contributed by atoms with van der Waals surface area (Å²) in [6, 6.07) is -0.733. The van der Waals surface area contributed by atoms with Gasteiger partial charge in [0.05, 0.1) is 0 Å². The number of ether oxygens (including phenoxy) is 1. The average molecular weight is 255 g/mol. The monoisotopic (exact) mass is 255 g/mol. The van der Waals surface area contributed by atoms with Gasteiger partial charge in [0.15, 0.2) is 0 Å². The lowest BCUT2D eigenvalue weighted by atomic mass is 9.76. The van der Waals surface area contributed by atoms with Crippen LogP contribution in [0.2, 0.25) is 0 Å². The quantitative estimate of drug-likeness (QED) is 0.807. The molecular formula is C13H21NO4. The Balaban J connectivity index is 2.18. The fourth-order valence-corrected chi connectivity index (χ4v) is 3.06. The van der Waals surface area contributed by atoms with Crippen molar-refractivity contribution >= 4 is 11.9 Å². The number of likely N-dealkylation sites (tertiary alicyclic amines) is 1. The third kappa shape index (κ3) is 2.36. The molecule has 18 heavy (non-hydrogen) atoms. The normalized spacial score (nSPS) is 31.3. The van der Waals surface area contributed by atoms with Gasteiger partial charge in [-0.05, 0) is 31.1 Å². The van der Waals surface area contributed by atoms with E-state index in [1.807, 2.05) is 13.8 Å². The number of carbonyl (C=O) groups excluding carboxylic acids is 1. The maximum absolute atomic E-state index is 12.3. The van der Waals surface area contributed by atoms with Crippen LogP contribution in [0.15, 0.2) is 0 Å². The molecule has 0 bridgehead atoms. The number of carboxylic acids is 1. The van der Waals surface area contributed by atoms with E-state index in [0.29, 0.717) is 19.6 Å². The number of hydrogen-bond acceptors (Lipinski definition) is 3. The van der Waals surface area contributed by atoms with E-state index in [0.717, 1.165) is 19.3 Å². The van der Waals surface area contributed by atoms with Crippen LogP contribution in [0.4, 0.5) is 0 Å². The number of aliphatic carboxylic acids is 1. The van der Waals surface area contributed by atoms with Crippen molar-refractivity contribution in [2.75, 3.05) is 13.2 Å². The van der Waals surface area contributed by atoms with Crippen LogP contribution in [0.1, 0.15) is 39.5 Å². The second-order valence-corrected chi connectivity index (χ2v) is 5.87. The lowest BCUT2D eigenvalue weighted by molar-refractivity contribution is -0.163. The Kier molecular flexibility index (Phi) is 3.61. The van der Waals surface area contributed by atoms with E-state index in [9.17, 15) is 14.7 Å². The molecule has 5 nitrogen and oxygen atoms in total. The first kappa shape index (κ1) is 13.3. The summed E-state index contributed by atoms with van der Waals surface area (Å²) < 4.78 is 5.38. The highest BCUT2D eigenvalue weighted by atomic mass is 16.5. The minimum absolute atomic E-state index is 0.146. The van der Waals surface area contributed by atoms with Crippen LogP contribution in [0.5, 0.6) is 0 Å². The molecule has 2 rings (SSSR count). The van der Waals surface area contributed by atoms with Gasteiger partial charge in [0.2, 0.25) is 0 Å². The molecule has 5 heteroatoms. The topological polar surface area (TPSA) is 66.8 Å². The van der Waals surface area contributed by atoms with Gasteiger partial charge in [0, 0.05) is 13.2 Å². The Morgan fingerprint density at radius 1 is 1.33 bits per heavy atom. The number of rotatable bonds is 2. The highest BCUT2D eigenvalue weighted by Gasteiger charge is 2.46. The molecule has 0 saturated carbocycles. The first-order valence-corrected chi connectivity index (χ1v) is 6.58. The molecule has 0 spiro atoms. The fourth-order valence-electron chi connectivity index (χ4n) is 3.06. The summed E-state index contributed by atoms with van der Waals surface area (Å²) in [7, 11) is 0. The Morgan fingerprint density at radius 3 is 2.61 bits per heavy atom. The van der Waals surface area contributed by atoms with Crippen LogP contribution in [0.25, 0.3) is 0 Å². The van der Waals surface area contributed by atoms with Crippen molar-refractivity contribution in [2.24, 2.45) is 5.41 Å². The molecule has 2 saturated heterocycles. The minimum Gasteiger partial charge on any atom is -0.480 e. The second kappa shape index (κ2) is 4.88. The van der Waals surface area contributed by atoms with Crippen LogP contribution in [0, 0.1) is 5.41 Å². The molecule has 1 unspecified atom stereocenters. The number of amides is 1. The molecule has 2 heterocycles. The zero-order valence-electron chi connectivity index (χ0n) is 11.0. The molecule has 0 aromatic carbocycles. The van der Waals surface area contributed by atoms with Gasteiger partial charge in [0.25, 0.3) is 5.91 Å². The summed E-state index contributed by atoms with van der Waals surface area (Å²) in [5.74, 6) is -1.06. The van der Waals surface area contributed by atoms with E-state index in [1.54, 1.807) is 0 Å². The molecule has 1 amide bonds. The van der Waals surface area contributed by atoms with Crippen molar-refractivity contribution in [3.63, 3.8) is 0 Å². The van der Waals surface area contributed by atoms with Gasteiger partial charge in [-0.15, -0.1) is 0 Å². The van der Waals surface area contributed by atoms with Gasteiger partial charge in [-0.1, -0.05) is 13.8 Å². The number of carboxylic acid groups (broad SMARTS) is 1. The molecule has 102 valence electrons. The van der Waals surface area contributed by atoms with E-state index in [2.05, 4.69) is 0 Å². The SMILES string of the molecule is CC1(C)CCCN(C(=O)[C@H]2CCCO2)C1C(=O)O. The Morgan fingerprint density at radius 2 is 2.06 bits per heavy atom. The van der Waals surface area contributed by atoms with Gasteiger partial charge in [0.1, 0.15) is 12.1 Å². The zero-order chi connectivity index (χ0) is 13.3. The van der Waals surface area contributed by atoms with Crippen LogP contribution in [0.3, 0.4) is 0 Å². The summed E-state index contributed by atoms with van der Waals surface area (Å²) in [4.78, 5) is 25.3. The van der Waals surface area contributed by atoms with Crippen molar-refractivity contribution < 1.29 is 19.4 Å². The smallest absolute Gasteiger partial charge is 0.326 e. The van der Waals surface area contributed by atoms with Crippen molar-refractivity contribution in [1.82, 2.24) is 4.90 Å². The molecule has 0 aliphatic carbocycles. The zero-order valence-corrected chi connectivity index (χ0v) is 11.0. The van der Waals surface area contributed by atoms with Crippen molar-refractivity contribution in [3.8, 4) is 0 Å². The summed E-state index contributed by atoms with van der Waals surface area (Å²) in [5, 5.41) is 9.40. The number of hydrogen-bond donors (Lipinski definition) is 1. The third-order valence-electron chi connectivity index (χ3n) is 3.99. The molecular weight excluding hydrogens is 234 g/mol. The van der Waals surface area contributed by atoms with Gasteiger partial charge in [-0.2, -0.15) is 0 Å². The summed E-state index contributed by atoms with van der Waals surface area (Å²) in [6.07, 6.45) is 2.85. The molecule has 2 fully saturated rings. The predicted molar refractivity (Wildman–Crippen MR) is 65.1 cm³/mol. The molecule has 2 aliphatic rings. The Hall–Kier alpha value is -1.10. The van der Waals surface area contributed by atoms with Crippen LogP contribution >= 0.6 is 0 Å². The van der Waals surface area contributed by atoms with Gasteiger partial charge in [-0.3, -0.25) is 4.79 Å². The van der Waals surface area contributed by atoms with Crippen LogP contribution < -0.4 is 0 Å². The summed E-state index contributed by atoms with van der Waals surface area (Å²) in [6.45, 7) is 4.96. The standard InChI is InChI=1S/C13H21NO4/c1-13(2)6-4-7-14(10(13)12(16)17)11(15)9-5-3-8-18-9/h9-10H,3-8H2,1-2H3,(H,16,17)/t9-,10?/m1/s1. The molecule has 2 aliphatic heterocycles. The van der Waals surface area contributed by atoms with Gasteiger partial charge < -0.3 is 14.7 Å². The second-order valence-electron chi connectivity index (χ2n) is 5.87. The van der Waals surface area contributed by atoms with Gasteiger partial charge in [-0.25, -0.2) is 4.79 Å². The highest BCUT2D eigenvalue weighted by molar-refractivity contribution is 5.87. The van der Waals surface area contributed by atoms with Crippen LogP contribution in [-0.2, 0) is 14.3 Å². The maximum atomic E-state index is 12.3. The Bertz CT molecular complexity index is 347. The van der Waals surface area contributed by atoms with Crippen LogP contribution in [-0.4, -0.2) is 47.2 Å². The lowest BCUT2D eigenvalue weighted by Gasteiger charge is -2.44. The van der Waals surface area contributed by atoms with E-state index < -0.39 is 18.1 Å². The molecule has 0 aromatic heterocycles. The van der Waals surface area contributed by atoms with Crippen molar-refractivity contribution in [1.29, 1.82) is 0 Å². The van der Waals surface area contributed by atoms with Crippen molar-refractivity contribution in [3.05, 3.63) is 0 Å².